The highest BCUT2D eigenvalue weighted by molar-refractivity contribution is 5.88. The number of nitrogens with zero attached hydrogens (tertiary/aromatic N) is 2. The fraction of sp³-hybridized carbons (Fsp3) is 0.350. The van der Waals surface area contributed by atoms with Crippen LogP contribution < -0.4 is 0 Å². The van der Waals surface area contributed by atoms with Gasteiger partial charge in [0.05, 0.1) is 11.3 Å². The predicted molar refractivity (Wildman–Crippen MR) is 95.3 cm³/mol. The lowest BCUT2D eigenvalue weighted by Crippen LogP contribution is -2.39. The van der Waals surface area contributed by atoms with E-state index in [1.165, 1.54) is 0 Å². The van der Waals surface area contributed by atoms with Gasteiger partial charge in [-0.25, -0.2) is 4.79 Å². The van der Waals surface area contributed by atoms with E-state index in [-0.39, 0.29) is 11.5 Å². The summed E-state index contributed by atoms with van der Waals surface area (Å²) in [6.07, 6.45) is 4.77. The van der Waals surface area contributed by atoms with E-state index in [0.29, 0.717) is 5.92 Å². The van der Waals surface area contributed by atoms with Crippen LogP contribution in [0, 0.1) is 5.92 Å². The molecule has 0 unspecified atom stereocenters. The molecule has 1 aromatic carbocycles. The molecule has 1 saturated heterocycles. The summed E-state index contributed by atoms with van der Waals surface area (Å²) >= 11 is 0. The quantitative estimate of drug-likeness (QED) is 0.929. The van der Waals surface area contributed by atoms with Crippen LogP contribution in [0.1, 0.15) is 35.7 Å². The number of carboxylic acids is 1. The summed E-state index contributed by atoms with van der Waals surface area (Å²) in [5, 5.41) is 9.04. The van der Waals surface area contributed by atoms with Gasteiger partial charge in [0.2, 0.25) is 5.91 Å². The van der Waals surface area contributed by atoms with Gasteiger partial charge in [0, 0.05) is 31.8 Å². The number of pyridine rings is 1. The maximum atomic E-state index is 11.6. The van der Waals surface area contributed by atoms with Crippen LogP contribution in [0.15, 0.2) is 42.6 Å². The third kappa shape index (κ3) is 4.05. The summed E-state index contributed by atoms with van der Waals surface area (Å²) in [5.41, 5.74) is 3.21. The molecule has 0 saturated carbocycles. The van der Waals surface area contributed by atoms with Gasteiger partial charge in [0.25, 0.3) is 0 Å². The lowest BCUT2D eigenvalue weighted by Gasteiger charge is -2.32. The van der Waals surface area contributed by atoms with Crippen LogP contribution in [0.2, 0.25) is 0 Å². The molecule has 1 aliphatic rings. The van der Waals surface area contributed by atoms with Gasteiger partial charge in [0.15, 0.2) is 0 Å². The fourth-order valence-corrected chi connectivity index (χ4v) is 3.46. The Kier molecular flexibility index (Phi) is 5.12. The molecule has 3 rings (SSSR count). The Morgan fingerprint density at radius 2 is 2.00 bits per heavy atom. The summed E-state index contributed by atoms with van der Waals surface area (Å²) in [7, 11) is 0. The molecule has 1 N–H and O–H groups in total. The molecule has 0 bridgehead atoms. The molecule has 1 aliphatic heterocycles. The minimum absolute atomic E-state index is 0.139. The van der Waals surface area contributed by atoms with Gasteiger partial charge in [-0.3, -0.25) is 9.78 Å². The maximum absolute atomic E-state index is 11.6. The summed E-state index contributed by atoms with van der Waals surface area (Å²) in [5.74, 6) is -0.362. The first-order valence-electron chi connectivity index (χ1n) is 8.57. The van der Waals surface area contributed by atoms with E-state index in [4.69, 9.17) is 5.11 Å². The van der Waals surface area contributed by atoms with Crippen molar-refractivity contribution in [1.29, 1.82) is 0 Å². The number of carbonyl (C=O) groups is 2. The Hall–Kier alpha value is -2.69. The van der Waals surface area contributed by atoms with Crippen LogP contribution in [-0.4, -0.2) is 40.0 Å². The molecule has 0 radical (unpaired) electrons. The second-order valence-corrected chi connectivity index (χ2v) is 6.57. The van der Waals surface area contributed by atoms with Crippen molar-refractivity contribution in [3.05, 3.63) is 53.7 Å². The van der Waals surface area contributed by atoms with Gasteiger partial charge in [-0.05, 0) is 48.9 Å². The van der Waals surface area contributed by atoms with E-state index < -0.39 is 5.97 Å². The summed E-state index contributed by atoms with van der Waals surface area (Å²) < 4.78 is 0. The number of carbonyl (C=O) groups excluding carboxylic acids is 1. The molecule has 2 heterocycles. The minimum atomic E-state index is -0.931. The molecule has 1 fully saturated rings. The van der Waals surface area contributed by atoms with Crippen molar-refractivity contribution in [2.75, 3.05) is 13.1 Å². The molecular weight excluding hydrogens is 316 g/mol. The number of carboxylic acid groups (broad SMARTS) is 1. The van der Waals surface area contributed by atoms with Crippen molar-refractivity contribution >= 4 is 11.9 Å². The largest absolute Gasteiger partial charge is 0.478 e. The summed E-state index contributed by atoms with van der Waals surface area (Å²) in [4.78, 5) is 29.1. The third-order valence-corrected chi connectivity index (χ3v) is 4.77. The van der Waals surface area contributed by atoms with E-state index in [9.17, 15) is 9.59 Å². The van der Waals surface area contributed by atoms with Crippen molar-refractivity contribution in [2.45, 2.75) is 26.2 Å². The third-order valence-electron chi connectivity index (χ3n) is 4.77. The van der Waals surface area contributed by atoms with Gasteiger partial charge < -0.3 is 10.0 Å². The average molecular weight is 338 g/mol. The van der Waals surface area contributed by atoms with E-state index in [2.05, 4.69) is 11.1 Å². The van der Waals surface area contributed by atoms with E-state index >= 15 is 0 Å². The smallest absolute Gasteiger partial charge is 0.335 e. The second-order valence-electron chi connectivity index (χ2n) is 6.57. The molecule has 5 heteroatoms. The number of likely N-dealkylation sites (tertiary alicyclic amines) is 1. The predicted octanol–water partition coefficient (Wildman–Crippen LogP) is 3.25. The van der Waals surface area contributed by atoms with Crippen molar-refractivity contribution in [3.8, 4) is 11.3 Å². The molecule has 25 heavy (non-hydrogen) atoms. The molecule has 0 aliphatic carbocycles. The highest BCUT2D eigenvalue weighted by Gasteiger charge is 2.22. The Morgan fingerprint density at radius 3 is 2.68 bits per heavy atom. The van der Waals surface area contributed by atoms with E-state index in [0.717, 1.165) is 49.2 Å². The zero-order valence-electron chi connectivity index (χ0n) is 14.3. The van der Waals surface area contributed by atoms with Crippen molar-refractivity contribution < 1.29 is 14.7 Å². The number of hydrogen-bond donors (Lipinski definition) is 1. The first-order valence-corrected chi connectivity index (χ1v) is 8.57. The number of hydrogen-bond acceptors (Lipinski definition) is 3. The topological polar surface area (TPSA) is 70.5 Å². The SMILES string of the molecule is CC(=O)N1CCC[C@H](Cc2cccnc2-c2ccc(C(=O)O)cc2)C1. The normalized spacial score (nSPS) is 17.3. The Bertz CT molecular complexity index is 771. The summed E-state index contributed by atoms with van der Waals surface area (Å²) in [6, 6.07) is 10.8. The van der Waals surface area contributed by atoms with Gasteiger partial charge in [-0.1, -0.05) is 18.2 Å². The Labute approximate surface area is 147 Å². The number of benzene rings is 1. The number of rotatable bonds is 4. The van der Waals surface area contributed by atoms with Crippen LogP contribution >= 0.6 is 0 Å². The Balaban J connectivity index is 1.81. The highest BCUT2D eigenvalue weighted by atomic mass is 16.4. The van der Waals surface area contributed by atoms with Crippen LogP contribution in [-0.2, 0) is 11.2 Å². The second kappa shape index (κ2) is 7.47. The van der Waals surface area contributed by atoms with Crippen LogP contribution in [0.25, 0.3) is 11.3 Å². The lowest BCUT2D eigenvalue weighted by molar-refractivity contribution is -0.130. The average Bonchev–Trinajstić information content (AvgIpc) is 2.62. The van der Waals surface area contributed by atoms with Gasteiger partial charge in [0.1, 0.15) is 0 Å². The van der Waals surface area contributed by atoms with Gasteiger partial charge in [-0.15, -0.1) is 0 Å². The zero-order valence-corrected chi connectivity index (χ0v) is 14.3. The lowest BCUT2D eigenvalue weighted by atomic mass is 9.89. The maximum Gasteiger partial charge on any atom is 0.335 e. The van der Waals surface area contributed by atoms with Crippen molar-refractivity contribution in [3.63, 3.8) is 0 Å². The molecule has 2 aromatic rings. The molecule has 1 atom stereocenters. The van der Waals surface area contributed by atoms with Crippen molar-refractivity contribution in [2.24, 2.45) is 5.92 Å². The van der Waals surface area contributed by atoms with E-state index in [1.54, 1.807) is 37.4 Å². The number of piperidine rings is 1. The van der Waals surface area contributed by atoms with Crippen molar-refractivity contribution in [1.82, 2.24) is 9.88 Å². The Morgan fingerprint density at radius 1 is 1.24 bits per heavy atom. The number of aromatic carboxylic acids is 1. The van der Waals surface area contributed by atoms with Gasteiger partial charge in [-0.2, -0.15) is 0 Å². The molecular formula is C20H22N2O3. The number of amides is 1. The summed E-state index contributed by atoms with van der Waals surface area (Å²) in [6.45, 7) is 3.27. The van der Waals surface area contributed by atoms with Crippen LogP contribution in [0.3, 0.4) is 0 Å². The highest BCUT2D eigenvalue weighted by Crippen LogP contribution is 2.27. The molecule has 1 aromatic heterocycles. The molecule has 1 amide bonds. The van der Waals surface area contributed by atoms with Gasteiger partial charge >= 0.3 is 5.97 Å². The monoisotopic (exact) mass is 338 g/mol. The van der Waals surface area contributed by atoms with Crippen LogP contribution in [0.4, 0.5) is 0 Å². The van der Waals surface area contributed by atoms with E-state index in [1.807, 2.05) is 11.0 Å². The first-order chi connectivity index (χ1) is 12.0. The molecule has 130 valence electrons. The standard InChI is InChI=1S/C20H22N2O3/c1-14(23)22-11-3-4-15(13-22)12-18-5-2-10-21-19(18)16-6-8-17(9-7-16)20(24)25/h2,5-10,15H,3-4,11-13H2,1H3,(H,24,25)/t15-/m1/s1. The first kappa shape index (κ1) is 17.1. The number of aromatic nitrogens is 1. The molecule has 0 spiro atoms. The zero-order chi connectivity index (χ0) is 17.8. The van der Waals surface area contributed by atoms with Crippen LogP contribution in [0.5, 0.6) is 0 Å². The molecule has 5 nitrogen and oxygen atoms in total. The fourth-order valence-electron chi connectivity index (χ4n) is 3.46. The minimum Gasteiger partial charge on any atom is -0.478 e.